The van der Waals surface area contributed by atoms with Crippen molar-refractivity contribution >= 4 is 28.3 Å². The fourth-order valence-corrected chi connectivity index (χ4v) is 2.55. The Kier molecular flexibility index (Phi) is 4.09. The Balaban J connectivity index is 1.92. The van der Waals surface area contributed by atoms with Crippen molar-refractivity contribution in [3.05, 3.63) is 23.2 Å². The van der Waals surface area contributed by atoms with Gasteiger partial charge in [-0.15, -0.1) is 11.3 Å². The topological polar surface area (TPSA) is 79.3 Å². The molecular formula is C12H14N2O3S. The number of anilines is 1. The first-order valence-electron chi connectivity index (χ1n) is 5.77. The highest BCUT2D eigenvalue weighted by atomic mass is 32.1. The van der Waals surface area contributed by atoms with Crippen molar-refractivity contribution in [3.63, 3.8) is 0 Å². The Hall–Kier alpha value is -1.69. The average Bonchev–Trinajstić information content (AvgIpc) is 2.76. The smallest absolute Gasteiger partial charge is 0.309 e. The molecule has 0 aromatic carbocycles. The summed E-state index contributed by atoms with van der Waals surface area (Å²) >= 11 is 1.26. The molecule has 5 nitrogen and oxygen atoms in total. The summed E-state index contributed by atoms with van der Waals surface area (Å²) in [5.41, 5.74) is 0.478. The van der Waals surface area contributed by atoms with Crippen molar-refractivity contribution in [2.24, 2.45) is 5.92 Å². The molecule has 96 valence electrons. The highest BCUT2D eigenvalue weighted by molar-refractivity contribution is 7.13. The molecule has 0 radical (unpaired) electrons. The molecule has 1 aromatic rings. The van der Waals surface area contributed by atoms with Gasteiger partial charge < -0.3 is 10.4 Å². The molecule has 0 aliphatic heterocycles. The van der Waals surface area contributed by atoms with Crippen molar-refractivity contribution in [1.82, 2.24) is 4.98 Å². The fourth-order valence-electron chi connectivity index (χ4n) is 1.84. The summed E-state index contributed by atoms with van der Waals surface area (Å²) in [6, 6.07) is 0. The van der Waals surface area contributed by atoms with E-state index >= 15 is 0 Å². The maximum absolute atomic E-state index is 11.9. The number of hydrogen-bond donors (Lipinski definition) is 2. The first kappa shape index (κ1) is 12.8. The van der Waals surface area contributed by atoms with Crippen molar-refractivity contribution in [1.29, 1.82) is 0 Å². The molecule has 2 N–H and O–H groups in total. The average molecular weight is 266 g/mol. The van der Waals surface area contributed by atoms with Gasteiger partial charge in [-0.3, -0.25) is 9.59 Å². The maximum Gasteiger partial charge on any atom is 0.309 e. The predicted octanol–water partition coefficient (Wildman–Crippen LogP) is 2.06. The molecule has 18 heavy (non-hydrogen) atoms. The lowest BCUT2D eigenvalue weighted by molar-refractivity contribution is -0.136. The normalized spacial score (nSPS) is 18.6. The molecular weight excluding hydrogens is 252 g/mol. The number of aromatic nitrogens is 1. The number of carboxylic acids is 1. The van der Waals surface area contributed by atoms with Crippen LogP contribution < -0.4 is 5.32 Å². The van der Waals surface area contributed by atoms with Gasteiger partial charge in [0.05, 0.1) is 12.1 Å². The monoisotopic (exact) mass is 266 g/mol. The molecule has 1 aliphatic carbocycles. The zero-order valence-corrected chi connectivity index (χ0v) is 10.6. The number of amides is 1. The van der Waals surface area contributed by atoms with Crippen LogP contribution in [0.25, 0.3) is 0 Å². The van der Waals surface area contributed by atoms with Crippen LogP contribution in [0.4, 0.5) is 5.13 Å². The van der Waals surface area contributed by atoms with Gasteiger partial charge in [0.2, 0.25) is 5.91 Å². The highest BCUT2D eigenvalue weighted by Gasteiger charge is 2.19. The lowest BCUT2D eigenvalue weighted by Crippen LogP contribution is -2.23. The molecule has 0 bridgehead atoms. The van der Waals surface area contributed by atoms with Crippen molar-refractivity contribution in [2.45, 2.75) is 25.7 Å². The number of carbonyl (C=O) groups excluding carboxylic acids is 1. The van der Waals surface area contributed by atoms with Crippen LogP contribution >= 0.6 is 11.3 Å². The van der Waals surface area contributed by atoms with Crippen LogP contribution in [0.1, 0.15) is 25.0 Å². The van der Waals surface area contributed by atoms with E-state index in [4.69, 9.17) is 5.11 Å². The van der Waals surface area contributed by atoms with Crippen molar-refractivity contribution in [3.8, 4) is 0 Å². The molecule has 1 atom stereocenters. The second kappa shape index (κ2) is 5.77. The fraction of sp³-hybridized carbons (Fsp3) is 0.417. The number of thiazole rings is 1. The van der Waals surface area contributed by atoms with Crippen LogP contribution in [0.2, 0.25) is 0 Å². The number of allylic oxidation sites excluding steroid dienone is 2. The van der Waals surface area contributed by atoms with Gasteiger partial charge in [-0.1, -0.05) is 12.2 Å². The predicted molar refractivity (Wildman–Crippen MR) is 68.6 cm³/mol. The Morgan fingerprint density at radius 3 is 3.00 bits per heavy atom. The van der Waals surface area contributed by atoms with Gasteiger partial charge in [-0.25, -0.2) is 4.98 Å². The van der Waals surface area contributed by atoms with Crippen LogP contribution in [0.3, 0.4) is 0 Å². The Labute approximate surface area is 109 Å². The second-order valence-corrected chi connectivity index (χ2v) is 5.04. The third-order valence-corrected chi connectivity index (χ3v) is 3.56. The molecule has 1 aromatic heterocycles. The lowest BCUT2D eigenvalue weighted by Gasteiger charge is -2.15. The minimum absolute atomic E-state index is 0.00169. The molecule has 0 saturated heterocycles. The van der Waals surface area contributed by atoms with Crippen LogP contribution in [-0.4, -0.2) is 22.0 Å². The quantitative estimate of drug-likeness (QED) is 0.818. The Bertz CT molecular complexity index is 481. The summed E-state index contributed by atoms with van der Waals surface area (Å²) in [7, 11) is 0. The number of carbonyl (C=O) groups is 2. The van der Waals surface area contributed by atoms with Gasteiger partial charge in [0, 0.05) is 11.3 Å². The van der Waals surface area contributed by atoms with Gasteiger partial charge in [0.15, 0.2) is 5.13 Å². The molecule has 1 heterocycles. The number of rotatable bonds is 4. The first-order chi connectivity index (χ1) is 8.65. The highest BCUT2D eigenvalue weighted by Crippen LogP contribution is 2.22. The SMILES string of the molecule is O=C(O)Cc1csc(NC(=O)[C@H]2CC=CCC2)n1. The molecule has 0 fully saturated rings. The Morgan fingerprint density at radius 1 is 1.50 bits per heavy atom. The standard InChI is InChI=1S/C12H14N2O3S/c15-10(16)6-9-7-18-12(13-9)14-11(17)8-4-2-1-3-5-8/h1-2,7-8H,3-6H2,(H,15,16)(H,13,14,17)/t8-/m0/s1. The lowest BCUT2D eigenvalue weighted by atomic mass is 9.94. The van der Waals surface area contributed by atoms with Crippen LogP contribution in [0, 0.1) is 5.92 Å². The van der Waals surface area contributed by atoms with E-state index in [-0.39, 0.29) is 18.2 Å². The minimum Gasteiger partial charge on any atom is -0.481 e. The van der Waals surface area contributed by atoms with E-state index in [1.807, 2.05) is 6.08 Å². The largest absolute Gasteiger partial charge is 0.481 e. The zero-order valence-electron chi connectivity index (χ0n) is 9.76. The second-order valence-electron chi connectivity index (χ2n) is 4.19. The van der Waals surface area contributed by atoms with E-state index in [2.05, 4.69) is 16.4 Å². The molecule has 0 unspecified atom stereocenters. The van der Waals surface area contributed by atoms with E-state index in [9.17, 15) is 9.59 Å². The molecule has 6 heteroatoms. The van der Waals surface area contributed by atoms with Gasteiger partial charge in [-0.05, 0) is 19.3 Å². The maximum atomic E-state index is 11.9. The first-order valence-corrected chi connectivity index (χ1v) is 6.65. The number of nitrogens with one attached hydrogen (secondary N) is 1. The third-order valence-electron chi connectivity index (χ3n) is 2.75. The minimum atomic E-state index is -0.921. The van der Waals surface area contributed by atoms with Crippen LogP contribution in [-0.2, 0) is 16.0 Å². The molecule has 2 rings (SSSR count). The summed E-state index contributed by atoms with van der Waals surface area (Å²) in [5, 5.41) is 13.5. The summed E-state index contributed by atoms with van der Waals surface area (Å²) in [6.07, 6.45) is 6.54. The molecule has 0 spiro atoms. The van der Waals surface area contributed by atoms with E-state index in [0.29, 0.717) is 10.8 Å². The summed E-state index contributed by atoms with van der Waals surface area (Å²) in [5.74, 6) is -0.951. The van der Waals surface area contributed by atoms with Crippen LogP contribution in [0.15, 0.2) is 17.5 Å². The van der Waals surface area contributed by atoms with E-state index in [1.165, 1.54) is 11.3 Å². The van der Waals surface area contributed by atoms with Crippen molar-refractivity contribution in [2.75, 3.05) is 5.32 Å². The summed E-state index contributed by atoms with van der Waals surface area (Å²) < 4.78 is 0. The number of carboxylic acid groups (broad SMARTS) is 1. The van der Waals surface area contributed by atoms with E-state index < -0.39 is 5.97 Å². The molecule has 1 amide bonds. The summed E-state index contributed by atoms with van der Waals surface area (Å²) in [6.45, 7) is 0. The van der Waals surface area contributed by atoms with Gasteiger partial charge >= 0.3 is 5.97 Å². The molecule has 0 saturated carbocycles. The van der Waals surface area contributed by atoms with Crippen molar-refractivity contribution < 1.29 is 14.7 Å². The molecule has 1 aliphatic rings. The van der Waals surface area contributed by atoms with E-state index in [0.717, 1.165) is 19.3 Å². The van der Waals surface area contributed by atoms with E-state index in [1.54, 1.807) is 5.38 Å². The summed E-state index contributed by atoms with van der Waals surface area (Å²) in [4.78, 5) is 26.5. The van der Waals surface area contributed by atoms with Gasteiger partial charge in [-0.2, -0.15) is 0 Å². The number of hydrogen-bond acceptors (Lipinski definition) is 4. The zero-order chi connectivity index (χ0) is 13.0. The number of aliphatic carboxylic acids is 1. The van der Waals surface area contributed by atoms with Gasteiger partial charge in [0.25, 0.3) is 0 Å². The third kappa shape index (κ3) is 3.40. The van der Waals surface area contributed by atoms with Gasteiger partial charge in [0.1, 0.15) is 0 Å². The number of nitrogens with zero attached hydrogens (tertiary/aromatic N) is 1. The Morgan fingerprint density at radius 2 is 2.33 bits per heavy atom. The van der Waals surface area contributed by atoms with Crippen LogP contribution in [0.5, 0.6) is 0 Å².